The van der Waals surface area contributed by atoms with Crippen molar-refractivity contribution in [2.24, 2.45) is 5.92 Å². The molecule has 2 aliphatic rings. The summed E-state index contributed by atoms with van der Waals surface area (Å²) >= 11 is 0. The third-order valence-corrected chi connectivity index (χ3v) is 5.12. The normalized spacial score (nSPS) is 24.0. The summed E-state index contributed by atoms with van der Waals surface area (Å²) in [5.41, 5.74) is 2.15. The maximum absolute atomic E-state index is 13.1. The van der Waals surface area contributed by atoms with Crippen molar-refractivity contribution in [3.05, 3.63) is 35.4 Å². The second kappa shape index (κ2) is 7.97. The van der Waals surface area contributed by atoms with Crippen molar-refractivity contribution >= 4 is 11.8 Å². The zero-order valence-corrected chi connectivity index (χ0v) is 14.9. The Hall–Kier alpha value is -1.92. The molecule has 2 heterocycles. The molecule has 1 aromatic rings. The molecule has 0 radical (unpaired) electrons. The van der Waals surface area contributed by atoms with E-state index in [0.717, 1.165) is 11.1 Å². The number of benzene rings is 1. The van der Waals surface area contributed by atoms with Crippen LogP contribution in [0.1, 0.15) is 23.6 Å². The van der Waals surface area contributed by atoms with E-state index in [0.29, 0.717) is 39.5 Å². The number of aryl methyl sites for hydroxylation is 1. The molecular weight excluding hydrogens is 320 g/mol. The van der Waals surface area contributed by atoms with Gasteiger partial charge in [-0.25, -0.2) is 0 Å². The average Bonchev–Trinajstić information content (AvgIpc) is 2.96. The van der Waals surface area contributed by atoms with Crippen LogP contribution >= 0.6 is 0 Å². The molecule has 25 heavy (non-hydrogen) atoms. The van der Waals surface area contributed by atoms with E-state index in [1.165, 1.54) is 0 Å². The molecule has 1 aromatic carbocycles. The van der Waals surface area contributed by atoms with Crippen LogP contribution in [-0.4, -0.2) is 68.2 Å². The first kappa shape index (κ1) is 17.9. The molecule has 136 valence electrons. The van der Waals surface area contributed by atoms with Crippen molar-refractivity contribution in [1.29, 1.82) is 0 Å². The van der Waals surface area contributed by atoms with E-state index in [1.54, 1.807) is 7.11 Å². The minimum absolute atomic E-state index is 0.0249. The summed E-state index contributed by atoms with van der Waals surface area (Å²) in [6.45, 7) is 5.32. The molecule has 0 N–H and O–H groups in total. The highest BCUT2D eigenvalue weighted by molar-refractivity contribution is 5.90. The first-order valence-corrected chi connectivity index (χ1v) is 8.84. The van der Waals surface area contributed by atoms with Gasteiger partial charge in [0.25, 0.3) is 0 Å². The smallest absolute Gasteiger partial charge is 0.228 e. The van der Waals surface area contributed by atoms with Crippen LogP contribution < -0.4 is 0 Å². The SMILES string of the molecule is COCCN1C(=O)C[C@@H](C(=O)N2CCOCC2)[C@@H]1c1ccccc1C. The maximum Gasteiger partial charge on any atom is 0.228 e. The predicted molar refractivity (Wildman–Crippen MR) is 93.0 cm³/mol. The fourth-order valence-electron chi connectivity index (χ4n) is 3.79. The van der Waals surface area contributed by atoms with E-state index in [-0.39, 0.29) is 30.2 Å². The van der Waals surface area contributed by atoms with Gasteiger partial charge >= 0.3 is 0 Å². The number of nitrogens with zero attached hydrogens (tertiary/aromatic N) is 2. The van der Waals surface area contributed by atoms with Crippen molar-refractivity contribution in [3.63, 3.8) is 0 Å². The Bertz CT molecular complexity index is 628. The third kappa shape index (κ3) is 3.70. The summed E-state index contributed by atoms with van der Waals surface area (Å²) in [6.07, 6.45) is 0.263. The summed E-state index contributed by atoms with van der Waals surface area (Å²) in [5.74, 6) is -0.259. The van der Waals surface area contributed by atoms with Crippen LogP contribution in [0.2, 0.25) is 0 Å². The predicted octanol–water partition coefficient (Wildman–Crippen LogP) is 1.39. The van der Waals surface area contributed by atoms with Gasteiger partial charge in [-0.1, -0.05) is 24.3 Å². The van der Waals surface area contributed by atoms with Gasteiger partial charge in [-0.15, -0.1) is 0 Å². The Morgan fingerprint density at radius 2 is 2.00 bits per heavy atom. The van der Waals surface area contributed by atoms with Crippen LogP contribution in [-0.2, 0) is 19.1 Å². The molecule has 2 aliphatic heterocycles. The second-order valence-corrected chi connectivity index (χ2v) is 6.63. The molecule has 6 nitrogen and oxygen atoms in total. The standard InChI is InChI=1S/C19H26N2O4/c1-14-5-3-4-6-15(14)18-16(13-17(22)21(18)9-10-24-2)19(23)20-7-11-25-12-8-20/h3-6,16,18H,7-13H2,1-2H3/t16-,18+/m1/s1. The molecule has 0 saturated carbocycles. The van der Waals surface area contributed by atoms with E-state index in [4.69, 9.17) is 9.47 Å². The van der Waals surface area contributed by atoms with Crippen LogP contribution in [0, 0.1) is 12.8 Å². The van der Waals surface area contributed by atoms with Crippen molar-refractivity contribution in [2.75, 3.05) is 46.6 Å². The number of morpholine rings is 1. The van der Waals surface area contributed by atoms with Gasteiger partial charge < -0.3 is 19.3 Å². The first-order chi connectivity index (χ1) is 12.1. The number of carbonyl (C=O) groups is 2. The Morgan fingerprint density at radius 3 is 2.68 bits per heavy atom. The molecule has 2 atom stereocenters. The molecule has 0 bridgehead atoms. The van der Waals surface area contributed by atoms with E-state index < -0.39 is 0 Å². The lowest BCUT2D eigenvalue weighted by molar-refractivity contribution is -0.140. The van der Waals surface area contributed by atoms with Crippen molar-refractivity contribution < 1.29 is 19.1 Å². The zero-order chi connectivity index (χ0) is 17.8. The third-order valence-electron chi connectivity index (χ3n) is 5.12. The van der Waals surface area contributed by atoms with Gasteiger partial charge in [0.2, 0.25) is 11.8 Å². The minimum atomic E-state index is -0.344. The number of likely N-dealkylation sites (tertiary alicyclic amines) is 1. The van der Waals surface area contributed by atoms with Gasteiger partial charge in [0, 0.05) is 33.2 Å². The maximum atomic E-state index is 13.1. The number of methoxy groups -OCH3 is 1. The second-order valence-electron chi connectivity index (χ2n) is 6.63. The van der Waals surface area contributed by atoms with Gasteiger partial charge in [-0.3, -0.25) is 9.59 Å². The van der Waals surface area contributed by atoms with Gasteiger partial charge in [-0.2, -0.15) is 0 Å². The van der Waals surface area contributed by atoms with Gasteiger partial charge in [0.1, 0.15) is 0 Å². The van der Waals surface area contributed by atoms with Crippen LogP contribution in [0.15, 0.2) is 24.3 Å². The highest BCUT2D eigenvalue weighted by atomic mass is 16.5. The summed E-state index contributed by atoms with van der Waals surface area (Å²) in [6, 6.07) is 7.78. The molecule has 0 spiro atoms. The number of amides is 2. The van der Waals surface area contributed by atoms with Gasteiger partial charge in [-0.05, 0) is 18.1 Å². The largest absolute Gasteiger partial charge is 0.383 e. The molecule has 0 aromatic heterocycles. The summed E-state index contributed by atoms with van der Waals surface area (Å²) < 4.78 is 10.5. The summed E-state index contributed by atoms with van der Waals surface area (Å²) in [5, 5.41) is 0. The van der Waals surface area contributed by atoms with Crippen LogP contribution in [0.5, 0.6) is 0 Å². The molecule has 0 aliphatic carbocycles. The van der Waals surface area contributed by atoms with Gasteiger partial charge in [0.05, 0.1) is 31.8 Å². The molecule has 2 saturated heterocycles. The molecule has 6 heteroatoms. The number of hydrogen-bond donors (Lipinski definition) is 0. The number of ether oxygens (including phenoxy) is 2. The molecular formula is C19H26N2O4. The molecule has 2 fully saturated rings. The van der Waals surface area contributed by atoms with Crippen molar-refractivity contribution in [3.8, 4) is 0 Å². The highest BCUT2D eigenvalue weighted by Gasteiger charge is 2.46. The van der Waals surface area contributed by atoms with Crippen molar-refractivity contribution in [1.82, 2.24) is 9.80 Å². The van der Waals surface area contributed by atoms with Crippen LogP contribution in [0.3, 0.4) is 0 Å². The number of hydrogen-bond acceptors (Lipinski definition) is 4. The van der Waals surface area contributed by atoms with Crippen LogP contribution in [0.25, 0.3) is 0 Å². The Morgan fingerprint density at radius 1 is 1.28 bits per heavy atom. The monoisotopic (exact) mass is 346 g/mol. The van der Waals surface area contributed by atoms with Crippen molar-refractivity contribution in [2.45, 2.75) is 19.4 Å². The zero-order valence-electron chi connectivity index (χ0n) is 14.9. The lowest BCUT2D eigenvalue weighted by Crippen LogP contribution is -2.45. The molecule has 0 unspecified atom stereocenters. The highest BCUT2D eigenvalue weighted by Crippen LogP contribution is 2.40. The average molecular weight is 346 g/mol. The minimum Gasteiger partial charge on any atom is -0.383 e. The van der Waals surface area contributed by atoms with Gasteiger partial charge in [0.15, 0.2) is 0 Å². The molecule has 2 amide bonds. The number of carbonyl (C=O) groups excluding carboxylic acids is 2. The van der Waals surface area contributed by atoms with Crippen LogP contribution in [0.4, 0.5) is 0 Å². The quantitative estimate of drug-likeness (QED) is 0.808. The van der Waals surface area contributed by atoms with E-state index in [2.05, 4.69) is 0 Å². The summed E-state index contributed by atoms with van der Waals surface area (Å²) in [7, 11) is 1.62. The van der Waals surface area contributed by atoms with E-state index >= 15 is 0 Å². The topological polar surface area (TPSA) is 59.1 Å². The van der Waals surface area contributed by atoms with E-state index in [1.807, 2.05) is 41.0 Å². The Balaban J connectivity index is 1.91. The first-order valence-electron chi connectivity index (χ1n) is 8.84. The Kier molecular flexibility index (Phi) is 5.71. The van der Waals surface area contributed by atoms with E-state index in [9.17, 15) is 9.59 Å². The number of rotatable bonds is 5. The lowest BCUT2D eigenvalue weighted by atomic mass is 9.89. The summed E-state index contributed by atoms with van der Waals surface area (Å²) in [4.78, 5) is 29.4. The fourth-order valence-corrected chi connectivity index (χ4v) is 3.79. The molecule has 3 rings (SSSR count). The fraction of sp³-hybridized carbons (Fsp3) is 0.579. The lowest BCUT2D eigenvalue weighted by Gasteiger charge is -2.33. The Labute approximate surface area is 148 Å².